The second-order valence-corrected chi connectivity index (χ2v) is 11.3. The molecule has 7 aromatic carbocycles. The molecule has 3 nitrogen and oxygen atoms in total. The van der Waals surface area contributed by atoms with Crippen LogP contribution >= 0.6 is 11.6 Å². The van der Waals surface area contributed by atoms with E-state index in [9.17, 15) is 0 Å². The average Bonchev–Trinajstić information content (AvgIpc) is 3.51. The van der Waals surface area contributed by atoms with E-state index in [1.807, 2.05) is 121 Å². The van der Waals surface area contributed by atoms with E-state index < -0.39 is 6.85 Å². The molecule has 0 bridgehead atoms. The van der Waals surface area contributed by atoms with Gasteiger partial charge in [-0.3, -0.25) is 0 Å². The summed E-state index contributed by atoms with van der Waals surface area (Å²) in [6, 6.07) is 51.8. The van der Waals surface area contributed by atoms with E-state index in [1.165, 1.54) is 0 Å². The Labute approximate surface area is 271 Å². The van der Waals surface area contributed by atoms with Gasteiger partial charge in [0.25, 0.3) is 0 Å². The Balaban J connectivity index is 1.43. The number of hydrogen-bond acceptors (Lipinski definition) is 3. The molecule has 0 amide bonds. The number of aryl methyl sites for hydroxylation is 1. The number of rotatable bonds is 6. The van der Waals surface area contributed by atoms with E-state index in [-0.39, 0.29) is 5.56 Å². The zero-order valence-corrected chi connectivity index (χ0v) is 24.9. The van der Waals surface area contributed by atoms with Crippen molar-refractivity contribution in [1.29, 1.82) is 0 Å². The maximum Gasteiger partial charge on any atom is 0.143 e. The molecule has 0 N–H and O–H groups in total. The fourth-order valence-electron chi connectivity index (χ4n) is 6.20. The minimum atomic E-state index is -2.39. The van der Waals surface area contributed by atoms with Crippen molar-refractivity contribution < 1.29 is 8.53 Å². The van der Waals surface area contributed by atoms with Crippen LogP contribution in [0, 0.1) is 6.85 Å². The van der Waals surface area contributed by atoms with E-state index in [1.54, 1.807) is 6.07 Å². The van der Waals surface area contributed by atoms with Gasteiger partial charge < -0.3 is 14.2 Å². The quantitative estimate of drug-likeness (QED) is 0.188. The summed E-state index contributed by atoms with van der Waals surface area (Å²) in [6.45, 7) is -2.39. The summed E-state index contributed by atoms with van der Waals surface area (Å²) in [6.07, 6.45) is 0. The second kappa shape index (κ2) is 11.2. The first kappa shape index (κ1) is 23.9. The standard InChI is InChI=1S/C41H29ClN2O/c1-28-24-27-35(38-34-26-25-29-14-11-12-21-33(29)41(34)45-40(28)38)44(32-19-9-4-10-20-32)37-23-13-22-36(39(37)42)43(30-15-5-2-6-16-30)31-17-7-3-8-18-31/h2-27H,1H3/i1D3. The zero-order valence-electron chi connectivity index (χ0n) is 27.2. The Bertz CT molecular complexity index is 2370. The normalized spacial score (nSPS) is 12.6. The lowest BCUT2D eigenvalue weighted by Gasteiger charge is -2.31. The minimum absolute atomic E-state index is 0.161. The van der Waals surface area contributed by atoms with Gasteiger partial charge in [0.15, 0.2) is 0 Å². The molecule has 0 spiro atoms. The molecular weight excluding hydrogens is 572 g/mol. The predicted molar refractivity (Wildman–Crippen MR) is 190 cm³/mol. The Kier molecular flexibility index (Phi) is 5.95. The third-order valence-electron chi connectivity index (χ3n) is 8.21. The van der Waals surface area contributed by atoms with Gasteiger partial charge in [-0.05, 0) is 78.5 Å². The van der Waals surface area contributed by atoms with Crippen molar-refractivity contribution in [3.63, 3.8) is 0 Å². The summed E-state index contributed by atoms with van der Waals surface area (Å²) in [4.78, 5) is 4.23. The Morgan fingerprint density at radius 2 is 1.07 bits per heavy atom. The van der Waals surface area contributed by atoms with Gasteiger partial charge >= 0.3 is 0 Å². The highest BCUT2D eigenvalue weighted by Crippen LogP contribution is 2.49. The number of anilines is 6. The molecule has 1 aromatic heterocycles. The molecule has 8 aromatic rings. The summed E-state index contributed by atoms with van der Waals surface area (Å²) in [5.41, 5.74) is 6.21. The maximum atomic E-state index is 8.40. The molecule has 0 saturated carbocycles. The molecular formula is C41H29ClN2O. The average molecular weight is 604 g/mol. The van der Waals surface area contributed by atoms with Crippen LogP contribution in [0.15, 0.2) is 162 Å². The van der Waals surface area contributed by atoms with Crippen LogP contribution in [0.2, 0.25) is 5.02 Å². The summed E-state index contributed by atoms with van der Waals surface area (Å²) in [7, 11) is 0. The van der Waals surface area contributed by atoms with Gasteiger partial charge in [0.1, 0.15) is 11.2 Å². The van der Waals surface area contributed by atoms with Crippen LogP contribution < -0.4 is 9.80 Å². The largest absolute Gasteiger partial charge is 0.455 e. The van der Waals surface area contributed by atoms with Crippen molar-refractivity contribution in [3.8, 4) is 0 Å². The third-order valence-corrected chi connectivity index (χ3v) is 8.60. The molecule has 0 radical (unpaired) electrons. The van der Waals surface area contributed by atoms with Crippen LogP contribution in [0.4, 0.5) is 34.1 Å². The van der Waals surface area contributed by atoms with Gasteiger partial charge in [0, 0.05) is 31.9 Å². The zero-order chi connectivity index (χ0) is 32.8. The predicted octanol–water partition coefficient (Wildman–Crippen LogP) is 12.6. The van der Waals surface area contributed by atoms with Gasteiger partial charge in [-0.25, -0.2) is 0 Å². The number of fused-ring (bicyclic) bond motifs is 5. The molecule has 45 heavy (non-hydrogen) atoms. The Morgan fingerprint density at radius 1 is 0.489 bits per heavy atom. The van der Waals surface area contributed by atoms with Gasteiger partial charge in [-0.2, -0.15) is 0 Å². The SMILES string of the molecule is [2H]C([2H])([2H])c1ccc(N(c2ccccc2)c2cccc(N(c3ccccc3)c3ccccc3)c2Cl)c2c1oc1c3ccccc3ccc12. The van der Waals surface area contributed by atoms with Crippen LogP contribution in [0.5, 0.6) is 0 Å². The lowest BCUT2D eigenvalue weighted by Crippen LogP contribution is -2.14. The summed E-state index contributed by atoms with van der Waals surface area (Å²) < 4.78 is 31.8. The van der Waals surface area contributed by atoms with Crippen LogP contribution in [0.25, 0.3) is 32.7 Å². The van der Waals surface area contributed by atoms with Crippen molar-refractivity contribution >= 4 is 78.4 Å². The summed E-state index contributed by atoms with van der Waals surface area (Å²) in [5, 5.41) is 3.99. The molecule has 4 heteroatoms. The van der Waals surface area contributed by atoms with Gasteiger partial charge in [-0.1, -0.05) is 109 Å². The van der Waals surface area contributed by atoms with Crippen LogP contribution in [0.3, 0.4) is 0 Å². The summed E-state index contributed by atoms with van der Waals surface area (Å²) >= 11 is 7.53. The van der Waals surface area contributed by atoms with E-state index in [0.29, 0.717) is 21.6 Å². The first-order valence-electron chi connectivity index (χ1n) is 16.3. The first-order chi connectivity index (χ1) is 23.4. The monoisotopic (exact) mass is 603 g/mol. The van der Waals surface area contributed by atoms with E-state index in [0.717, 1.165) is 50.3 Å². The third kappa shape index (κ3) is 4.61. The number of halogens is 1. The maximum absolute atomic E-state index is 8.40. The Morgan fingerprint density at radius 3 is 1.71 bits per heavy atom. The molecule has 0 aliphatic heterocycles. The molecule has 0 unspecified atom stereocenters. The number of nitrogens with zero attached hydrogens (tertiary/aromatic N) is 2. The van der Waals surface area contributed by atoms with E-state index in [4.69, 9.17) is 20.1 Å². The van der Waals surface area contributed by atoms with Crippen molar-refractivity contribution in [2.75, 3.05) is 9.80 Å². The lowest BCUT2D eigenvalue weighted by atomic mass is 10.0. The van der Waals surface area contributed by atoms with Gasteiger partial charge in [0.2, 0.25) is 0 Å². The fraction of sp³-hybridized carbons (Fsp3) is 0.0244. The number of furan rings is 1. The smallest absolute Gasteiger partial charge is 0.143 e. The first-order valence-corrected chi connectivity index (χ1v) is 15.2. The summed E-state index contributed by atoms with van der Waals surface area (Å²) in [5.74, 6) is 0. The lowest BCUT2D eigenvalue weighted by molar-refractivity contribution is 0.669. The number of hydrogen-bond donors (Lipinski definition) is 0. The van der Waals surface area contributed by atoms with Crippen molar-refractivity contribution in [2.45, 2.75) is 6.85 Å². The van der Waals surface area contributed by atoms with E-state index >= 15 is 0 Å². The molecule has 0 atom stereocenters. The highest BCUT2D eigenvalue weighted by Gasteiger charge is 2.25. The number of benzene rings is 7. The topological polar surface area (TPSA) is 19.6 Å². The second-order valence-electron chi connectivity index (χ2n) is 10.9. The highest BCUT2D eigenvalue weighted by atomic mass is 35.5. The fourth-order valence-corrected chi connectivity index (χ4v) is 6.49. The van der Waals surface area contributed by atoms with Gasteiger partial charge in [-0.15, -0.1) is 0 Å². The number of para-hydroxylation sites is 3. The van der Waals surface area contributed by atoms with Gasteiger partial charge in [0.05, 0.1) is 27.5 Å². The van der Waals surface area contributed by atoms with E-state index in [2.05, 4.69) is 40.1 Å². The highest BCUT2D eigenvalue weighted by molar-refractivity contribution is 6.37. The molecule has 0 saturated heterocycles. The molecule has 216 valence electrons. The van der Waals surface area contributed by atoms with Crippen LogP contribution in [0.1, 0.15) is 9.68 Å². The Hall–Kier alpha value is -5.51. The van der Waals surface area contributed by atoms with Crippen molar-refractivity contribution in [3.05, 3.63) is 168 Å². The van der Waals surface area contributed by atoms with Crippen LogP contribution in [-0.4, -0.2) is 0 Å². The molecule has 1 heterocycles. The molecule has 8 rings (SSSR count). The molecule has 0 aliphatic rings. The molecule has 0 fully saturated rings. The minimum Gasteiger partial charge on any atom is -0.455 e. The molecule has 0 aliphatic carbocycles. The van der Waals surface area contributed by atoms with Crippen molar-refractivity contribution in [1.82, 2.24) is 0 Å². The van der Waals surface area contributed by atoms with Crippen LogP contribution in [-0.2, 0) is 0 Å². The van der Waals surface area contributed by atoms with Crippen molar-refractivity contribution in [2.24, 2.45) is 0 Å².